The quantitative estimate of drug-likeness (QED) is 0.415. The Morgan fingerprint density at radius 3 is 2.69 bits per heavy atom. The zero-order chi connectivity index (χ0) is 20.4. The second-order valence-corrected chi connectivity index (χ2v) is 7.15. The maximum atomic E-state index is 13.8. The minimum Gasteiger partial charge on any atom is -0.436 e. The standard InChI is InChI=1S/C20H11ClFN3O3S/c21-19-23-11-15(22)17(24-19)28-14-8-4-5-12(9-14)10-16-18(26)25(20(27)29-16)13-6-2-1-3-7-13/h1-11H/b16-10-. The number of hydrogen-bond donors (Lipinski definition) is 0. The summed E-state index contributed by atoms with van der Waals surface area (Å²) in [5, 5.41) is -0.523. The monoisotopic (exact) mass is 427 g/mol. The van der Waals surface area contributed by atoms with Crippen LogP contribution in [0, 0.1) is 5.82 Å². The van der Waals surface area contributed by atoms with Crippen molar-refractivity contribution in [1.82, 2.24) is 9.97 Å². The molecule has 29 heavy (non-hydrogen) atoms. The van der Waals surface area contributed by atoms with E-state index in [0.29, 0.717) is 11.3 Å². The second kappa shape index (κ2) is 8.02. The number of ether oxygens (including phenoxy) is 1. The smallest absolute Gasteiger partial charge is 0.298 e. The molecule has 0 unspecified atom stereocenters. The number of rotatable bonds is 4. The Balaban J connectivity index is 1.59. The maximum absolute atomic E-state index is 13.8. The van der Waals surface area contributed by atoms with E-state index >= 15 is 0 Å². The molecule has 1 aromatic heterocycles. The number of imide groups is 1. The second-order valence-electron chi connectivity index (χ2n) is 5.82. The number of halogens is 2. The molecule has 2 amide bonds. The molecular formula is C20H11ClFN3O3S. The van der Waals surface area contributed by atoms with Gasteiger partial charge >= 0.3 is 0 Å². The van der Waals surface area contributed by atoms with Crippen molar-refractivity contribution in [2.24, 2.45) is 0 Å². The lowest BCUT2D eigenvalue weighted by atomic mass is 10.2. The summed E-state index contributed by atoms with van der Waals surface area (Å²) in [7, 11) is 0. The molecule has 9 heteroatoms. The van der Waals surface area contributed by atoms with E-state index in [0.717, 1.165) is 22.9 Å². The predicted octanol–water partition coefficient (Wildman–Crippen LogP) is 5.30. The molecule has 2 aromatic carbocycles. The summed E-state index contributed by atoms with van der Waals surface area (Å²) in [6, 6.07) is 15.3. The lowest BCUT2D eigenvalue weighted by Gasteiger charge is -2.11. The number of thioether (sulfide) groups is 1. The molecule has 1 fully saturated rings. The molecule has 0 saturated carbocycles. The largest absolute Gasteiger partial charge is 0.436 e. The van der Waals surface area contributed by atoms with Crippen molar-refractivity contribution in [2.75, 3.05) is 4.90 Å². The first-order valence-electron chi connectivity index (χ1n) is 8.30. The van der Waals surface area contributed by atoms with E-state index in [4.69, 9.17) is 16.3 Å². The van der Waals surface area contributed by atoms with Gasteiger partial charge in [-0.2, -0.15) is 9.37 Å². The third kappa shape index (κ3) is 4.13. The van der Waals surface area contributed by atoms with Gasteiger partial charge in [-0.05, 0) is 59.3 Å². The van der Waals surface area contributed by atoms with E-state index in [1.807, 2.05) is 0 Å². The van der Waals surface area contributed by atoms with Gasteiger partial charge in [0.2, 0.25) is 11.1 Å². The molecule has 0 bridgehead atoms. The lowest BCUT2D eigenvalue weighted by Crippen LogP contribution is -2.27. The zero-order valence-corrected chi connectivity index (χ0v) is 16.2. The zero-order valence-electron chi connectivity index (χ0n) is 14.6. The van der Waals surface area contributed by atoms with E-state index in [2.05, 4.69) is 9.97 Å². The molecule has 144 valence electrons. The van der Waals surface area contributed by atoms with E-state index in [1.165, 1.54) is 0 Å². The van der Waals surface area contributed by atoms with Gasteiger partial charge in [0.1, 0.15) is 5.75 Å². The van der Waals surface area contributed by atoms with E-state index in [1.54, 1.807) is 60.7 Å². The van der Waals surface area contributed by atoms with Crippen molar-refractivity contribution in [3.8, 4) is 11.6 Å². The summed E-state index contributed by atoms with van der Waals surface area (Å²) >= 11 is 6.51. The number of hydrogen-bond acceptors (Lipinski definition) is 6. The van der Waals surface area contributed by atoms with Gasteiger partial charge < -0.3 is 4.74 Å². The number of benzene rings is 2. The van der Waals surface area contributed by atoms with Crippen LogP contribution in [0.4, 0.5) is 14.9 Å². The fraction of sp³-hybridized carbons (Fsp3) is 0. The number of amides is 2. The molecule has 0 spiro atoms. The molecule has 0 radical (unpaired) electrons. The van der Waals surface area contributed by atoms with Crippen molar-refractivity contribution in [1.29, 1.82) is 0 Å². The average Bonchev–Trinajstić information content (AvgIpc) is 2.99. The first-order chi connectivity index (χ1) is 14.0. The molecule has 1 aliphatic heterocycles. The van der Waals surface area contributed by atoms with Crippen LogP contribution in [0.15, 0.2) is 65.7 Å². The molecule has 2 heterocycles. The fourth-order valence-corrected chi connectivity index (χ4v) is 3.57. The topological polar surface area (TPSA) is 72.4 Å². The number of anilines is 1. The molecule has 0 aliphatic carbocycles. The van der Waals surface area contributed by atoms with Crippen molar-refractivity contribution in [3.05, 3.63) is 82.4 Å². The Kier molecular flexibility index (Phi) is 5.28. The maximum Gasteiger partial charge on any atom is 0.298 e. The number of para-hydroxylation sites is 1. The molecule has 0 atom stereocenters. The number of aromatic nitrogens is 2. The van der Waals surface area contributed by atoms with Crippen molar-refractivity contribution >= 4 is 46.3 Å². The van der Waals surface area contributed by atoms with E-state index in [9.17, 15) is 14.0 Å². The van der Waals surface area contributed by atoms with Crippen LogP contribution in [0.2, 0.25) is 5.28 Å². The highest BCUT2D eigenvalue weighted by Gasteiger charge is 2.36. The highest BCUT2D eigenvalue weighted by molar-refractivity contribution is 8.19. The minimum absolute atomic E-state index is 0.146. The van der Waals surface area contributed by atoms with Gasteiger partial charge in [0, 0.05) is 0 Å². The molecule has 1 saturated heterocycles. The van der Waals surface area contributed by atoms with Crippen LogP contribution in [0.5, 0.6) is 11.6 Å². The molecule has 3 aromatic rings. The molecular weight excluding hydrogens is 417 g/mol. The summed E-state index contributed by atoms with van der Waals surface area (Å²) < 4.78 is 19.2. The summed E-state index contributed by atoms with van der Waals surface area (Å²) in [6.45, 7) is 0. The normalized spacial score (nSPS) is 15.2. The highest BCUT2D eigenvalue weighted by Crippen LogP contribution is 2.36. The first kappa shape index (κ1) is 19.1. The number of nitrogens with zero attached hydrogens (tertiary/aromatic N) is 3. The average molecular weight is 428 g/mol. The van der Waals surface area contributed by atoms with Gasteiger partial charge in [0.05, 0.1) is 16.8 Å². The molecule has 0 N–H and O–H groups in total. The van der Waals surface area contributed by atoms with Gasteiger partial charge in [-0.25, -0.2) is 9.88 Å². The van der Waals surface area contributed by atoms with Crippen LogP contribution in [0.3, 0.4) is 0 Å². The Morgan fingerprint density at radius 2 is 1.90 bits per heavy atom. The Bertz CT molecular complexity index is 1140. The predicted molar refractivity (Wildman–Crippen MR) is 108 cm³/mol. The lowest BCUT2D eigenvalue weighted by molar-refractivity contribution is -0.113. The SMILES string of the molecule is O=C1S/C(=C\c2cccc(Oc3nc(Cl)ncc3F)c2)C(=O)N1c1ccccc1. The van der Waals surface area contributed by atoms with Crippen LogP contribution in [-0.2, 0) is 4.79 Å². The third-order valence-corrected chi connectivity index (χ3v) is 4.91. The first-order valence-corrected chi connectivity index (χ1v) is 9.50. The van der Waals surface area contributed by atoms with E-state index in [-0.39, 0.29) is 27.1 Å². The van der Waals surface area contributed by atoms with Gasteiger partial charge in [-0.3, -0.25) is 9.59 Å². The van der Waals surface area contributed by atoms with Crippen molar-refractivity contribution in [2.45, 2.75) is 0 Å². The van der Waals surface area contributed by atoms with Crippen LogP contribution in [0.1, 0.15) is 5.56 Å². The van der Waals surface area contributed by atoms with Crippen LogP contribution >= 0.6 is 23.4 Å². The fourth-order valence-electron chi connectivity index (χ4n) is 2.60. The van der Waals surface area contributed by atoms with Gasteiger partial charge in [0.25, 0.3) is 17.0 Å². The van der Waals surface area contributed by atoms with Crippen LogP contribution in [0.25, 0.3) is 6.08 Å². The van der Waals surface area contributed by atoms with E-state index < -0.39 is 11.7 Å². The van der Waals surface area contributed by atoms with Crippen LogP contribution in [-0.4, -0.2) is 21.1 Å². The molecule has 1 aliphatic rings. The van der Waals surface area contributed by atoms with Crippen molar-refractivity contribution < 1.29 is 18.7 Å². The number of carbonyl (C=O) groups excluding carboxylic acids is 2. The van der Waals surface area contributed by atoms with Crippen LogP contribution < -0.4 is 9.64 Å². The Morgan fingerprint density at radius 1 is 1.10 bits per heavy atom. The Hall–Kier alpha value is -3.23. The summed E-state index contributed by atoms with van der Waals surface area (Å²) in [5.74, 6) is -1.20. The van der Waals surface area contributed by atoms with Gasteiger partial charge in [-0.15, -0.1) is 0 Å². The highest BCUT2D eigenvalue weighted by atomic mass is 35.5. The summed E-state index contributed by atoms with van der Waals surface area (Å²) in [4.78, 5) is 33.6. The molecule has 4 rings (SSSR count). The number of carbonyl (C=O) groups is 2. The summed E-state index contributed by atoms with van der Waals surface area (Å²) in [5.41, 5.74) is 1.10. The van der Waals surface area contributed by atoms with Gasteiger partial charge in [-0.1, -0.05) is 30.3 Å². The molecule has 6 nitrogen and oxygen atoms in total. The van der Waals surface area contributed by atoms with Crippen molar-refractivity contribution in [3.63, 3.8) is 0 Å². The minimum atomic E-state index is -0.760. The summed E-state index contributed by atoms with van der Waals surface area (Å²) in [6.07, 6.45) is 2.48. The Labute approximate surface area is 174 Å². The third-order valence-electron chi connectivity index (χ3n) is 3.86. The van der Waals surface area contributed by atoms with Gasteiger partial charge in [0.15, 0.2) is 0 Å².